The van der Waals surface area contributed by atoms with Crippen LogP contribution in [0.1, 0.15) is 19.8 Å². The molecule has 66 valence electrons. The molecule has 2 bridgehead atoms. The van der Waals surface area contributed by atoms with E-state index >= 15 is 0 Å². The van der Waals surface area contributed by atoms with Crippen LogP contribution in [0.2, 0.25) is 0 Å². The Bertz CT molecular complexity index is 139. The minimum absolute atomic E-state index is 0. The summed E-state index contributed by atoms with van der Waals surface area (Å²) in [6, 6.07) is 0. The van der Waals surface area contributed by atoms with Crippen LogP contribution in [0.4, 0.5) is 0 Å². The third-order valence-electron chi connectivity index (χ3n) is 3.08. The first kappa shape index (κ1) is 9.49. The quantitative estimate of drug-likeness (QED) is 0.661. The molecule has 0 spiro atoms. The van der Waals surface area contributed by atoms with Crippen LogP contribution in [-0.4, -0.2) is 30.1 Å². The first-order valence-electron chi connectivity index (χ1n) is 4.20. The molecule has 2 nitrogen and oxygen atoms in total. The zero-order valence-corrected chi connectivity index (χ0v) is 8.76. The topological polar surface area (TPSA) is 29.3 Å². The van der Waals surface area contributed by atoms with Gasteiger partial charge in [-0.05, 0) is 38.8 Å². The molecule has 3 aliphatic rings. The summed E-state index contributed by atoms with van der Waals surface area (Å²) in [5, 5.41) is 0. The normalized spacial score (nSPS) is 48.5. The first-order valence-corrected chi connectivity index (χ1v) is 4.20. The summed E-state index contributed by atoms with van der Waals surface area (Å²) in [4.78, 5) is 2.49. The number of piperidine rings is 3. The lowest BCUT2D eigenvalue weighted by Gasteiger charge is -2.49. The Balaban J connectivity index is 0.000000605. The second kappa shape index (κ2) is 3.04. The molecule has 0 aromatic rings. The van der Waals surface area contributed by atoms with Crippen molar-refractivity contribution in [3.8, 4) is 0 Å². The molecule has 0 aliphatic carbocycles. The van der Waals surface area contributed by atoms with Gasteiger partial charge >= 0.3 is 0 Å². The molecule has 0 amide bonds. The van der Waals surface area contributed by atoms with Crippen LogP contribution in [0, 0.1) is 5.92 Å². The monoisotopic (exact) mass is 220 g/mol. The van der Waals surface area contributed by atoms with Crippen molar-refractivity contribution in [2.24, 2.45) is 11.7 Å². The smallest absolute Gasteiger partial charge is 0.0284 e. The molecule has 0 saturated carbocycles. The van der Waals surface area contributed by atoms with E-state index < -0.39 is 0 Å². The second-order valence-corrected chi connectivity index (χ2v) is 4.06. The van der Waals surface area contributed by atoms with Crippen molar-refractivity contribution in [3.05, 3.63) is 0 Å². The predicted octanol–water partition coefficient (Wildman–Crippen LogP) is 1.01. The second-order valence-electron chi connectivity index (χ2n) is 4.06. The standard InChI is InChI=1S/C8H16N2.BrH/c1-8(9)6-10-4-2-7(8)3-5-10;/h7H,2-6,9H2,1H3;1H. The molecule has 1 atom stereocenters. The van der Waals surface area contributed by atoms with Crippen molar-refractivity contribution in [1.82, 2.24) is 4.90 Å². The summed E-state index contributed by atoms with van der Waals surface area (Å²) >= 11 is 0. The molecular weight excluding hydrogens is 204 g/mol. The van der Waals surface area contributed by atoms with Crippen LogP contribution >= 0.6 is 17.0 Å². The molecule has 3 fully saturated rings. The Morgan fingerprint density at radius 1 is 1.36 bits per heavy atom. The molecule has 3 heteroatoms. The van der Waals surface area contributed by atoms with Gasteiger partial charge in [-0.25, -0.2) is 0 Å². The Hall–Kier alpha value is 0.400. The molecule has 3 heterocycles. The molecule has 0 radical (unpaired) electrons. The number of halogens is 1. The Morgan fingerprint density at radius 2 is 1.91 bits per heavy atom. The SMILES string of the molecule is Br.CC1(N)CN2CCC1CC2. The highest BCUT2D eigenvalue weighted by atomic mass is 79.9. The van der Waals surface area contributed by atoms with Crippen molar-refractivity contribution in [1.29, 1.82) is 0 Å². The summed E-state index contributed by atoms with van der Waals surface area (Å²) in [6.07, 6.45) is 2.65. The van der Waals surface area contributed by atoms with E-state index in [-0.39, 0.29) is 22.5 Å². The maximum absolute atomic E-state index is 6.12. The van der Waals surface area contributed by atoms with E-state index in [0.717, 1.165) is 12.5 Å². The Kier molecular flexibility index (Phi) is 2.62. The average molecular weight is 221 g/mol. The van der Waals surface area contributed by atoms with Gasteiger partial charge in [0.15, 0.2) is 0 Å². The van der Waals surface area contributed by atoms with Gasteiger partial charge in [-0.1, -0.05) is 0 Å². The van der Waals surface area contributed by atoms with E-state index in [0.29, 0.717) is 0 Å². The van der Waals surface area contributed by atoms with Crippen LogP contribution in [0.15, 0.2) is 0 Å². The first-order chi connectivity index (χ1) is 4.68. The minimum Gasteiger partial charge on any atom is -0.324 e. The number of fused-ring (bicyclic) bond motifs is 3. The van der Waals surface area contributed by atoms with Crippen molar-refractivity contribution in [2.75, 3.05) is 19.6 Å². The fraction of sp³-hybridized carbons (Fsp3) is 1.00. The van der Waals surface area contributed by atoms with Gasteiger partial charge in [0.2, 0.25) is 0 Å². The predicted molar refractivity (Wildman–Crippen MR) is 52.1 cm³/mol. The van der Waals surface area contributed by atoms with Crippen LogP contribution < -0.4 is 5.73 Å². The summed E-state index contributed by atoms with van der Waals surface area (Å²) in [5.74, 6) is 0.803. The Morgan fingerprint density at radius 3 is 2.09 bits per heavy atom. The van der Waals surface area contributed by atoms with Crippen LogP contribution in [0.5, 0.6) is 0 Å². The van der Waals surface area contributed by atoms with E-state index in [2.05, 4.69) is 11.8 Å². The molecule has 3 rings (SSSR count). The lowest BCUT2D eigenvalue weighted by Crippen LogP contribution is -2.62. The van der Waals surface area contributed by atoms with Gasteiger partial charge in [-0.3, -0.25) is 0 Å². The van der Waals surface area contributed by atoms with E-state index in [9.17, 15) is 0 Å². The average Bonchev–Trinajstić information content (AvgIpc) is 1.87. The summed E-state index contributed by atoms with van der Waals surface area (Å²) in [5.41, 5.74) is 6.24. The summed E-state index contributed by atoms with van der Waals surface area (Å²) < 4.78 is 0. The molecule has 2 N–H and O–H groups in total. The highest BCUT2D eigenvalue weighted by Gasteiger charge is 2.39. The largest absolute Gasteiger partial charge is 0.324 e. The third-order valence-corrected chi connectivity index (χ3v) is 3.08. The number of hydrogen-bond acceptors (Lipinski definition) is 2. The molecule has 3 saturated heterocycles. The van der Waals surface area contributed by atoms with E-state index in [1.54, 1.807) is 0 Å². The number of nitrogens with two attached hydrogens (primary N) is 1. The van der Waals surface area contributed by atoms with Crippen molar-refractivity contribution < 1.29 is 0 Å². The Labute approximate surface area is 78.9 Å². The van der Waals surface area contributed by atoms with Gasteiger partial charge in [0, 0.05) is 12.1 Å². The van der Waals surface area contributed by atoms with Gasteiger partial charge in [0.05, 0.1) is 0 Å². The maximum Gasteiger partial charge on any atom is 0.0284 e. The fourth-order valence-corrected chi connectivity index (χ4v) is 2.36. The lowest BCUT2D eigenvalue weighted by atomic mass is 9.75. The van der Waals surface area contributed by atoms with Gasteiger partial charge in [0.1, 0.15) is 0 Å². The molecular formula is C8H17BrN2. The fourth-order valence-electron chi connectivity index (χ4n) is 2.36. The van der Waals surface area contributed by atoms with Crippen LogP contribution in [0.3, 0.4) is 0 Å². The van der Waals surface area contributed by atoms with Crippen molar-refractivity contribution >= 4 is 17.0 Å². The van der Waals surface area contributed by atoms with Gasteiger partial charge in [-0.15, -0.1) is 17.0 Å². The molecule has 11 heavy (non-hydrogen) atoms. The maximum atomic E-state index is 6.12. The number of nitrogens with zero attached hydrogens (tertiary/aromatic N) is 1. The molecule has 0 aromatic heterocycles. The molecule has 3 aliphatic heterocycles. The third kappa shape index (κ3) is 1.60. The zero-order chi connectivity index (χ0) is 7.19. The lowest BCUT2D eigenvalue weighted by molar-refractivity contribution is 0.0389. The van der Waals surface area contributed by atoms with Gasteiger partial charge in [0.25, 0.3) is 0 Å². The van der Waals surface area contributed by atoms with E-state index in [1.807, 2.05) is 0 Å². The highest BCUT2D eigenvalue weighted by molar-refractivity contribution is 8.93. The van der Waals surface area contributed by atoms with Gasteiger partial charge in [-0.2, -0.15) is 0 Å². The highest BCUT2D eigenvalue weighted by Crippen LogP contribution is 2.33. The molecule has 1 unspecified atom stereocenters. The van der Waals surface area contributed by atoms with Crippen molar-refractivity contribution in [3.63, 3.8) is 0 Å². The van der Waals surface area contributed by atoms with Crippen molar-refractivity contribution in [2.45, 2.75) is 25.3 Å². The number of hydrogen-bond donors (Lipinski definition) is 1. The minimum atomic E-state index is 0. The van der Waals surface area contributed by atoms with E-state index in [4.69, 9.17) is 5.73 Å². The molecule has 0 aromatic carbocycles. The summed E-state index contributed by atoms with van der Waals surface area (Å²) in [7, 11) is 0. The summed E-state index contributed by atoms with van der Waals surface area (Å²) in [6.45, 7) is 5.90. The van der Waals surface area contributed by atoms with Crippen LogP contribution in [-0.2, 0) is 0 Å². The van der Waals surface area contributed by atoms with Crippen LogP contribution in [0.25, 0.3) is 0 Å². The zero-order valence-electron chi connectivity index (χ0n) is 7.05. The van der Waals surface area contributed by atoms with Gasteiger partial charge < -0.3 is 10.6 Å². The number of rotatable bonds is 0. The van der Waals surface area contributed by atoms with E-state index in [1.165, 1.54) is 25.9 Å².